The first-order chi connectivity index (χ1) is 11.2. The van der Waals surface area contributed by atoms with Gasteiger partial charge in [-0.1, -0.05) is 18.2 Å². The predicted octanol–water partition coefficient (Wildman–Crippen LogP) is 4.16. The number of amides is 1. The van der Waals surface area contributed by atoms with Crippen molar-refractivity contribution < 1.29 is 9.53 Å². The largest absolute Gasteiger partial charge is 0.489 e. The summed E-state index contributed by atoms with van der Waals surface area (Å²) in [6, 6.07) is 18.5. The highest BCUT2D eigenvalue weighted by Crippen LogP contribution is 2.19. The Morgan fingerprint density at radius 1 is 1.09 bits per heavy atom. The zero-order valence-electron chi connectivity index (χ0n) is 12.4. The van der Waals surface area contributed by atoms with Gasteiger partial charge in [-0.15, -0.1) is 11.3 Å². The van der Waals surface area contributed by atoms with Crippen molar-refractivity contribution in [3.05, 3.63) is 76.5 Å². The molecule has 2 aromatic carbocycles. The third-order valence-electron chi connectivity index (χ3n) is 3.21. The summed E-state index contributed by atoms with van der Waals surface area (Å²) in [6.07, 6.45) is 0. The molecule has 1 aromatic heterocycles. The normalized spacial score (nSPS) is 10.3. The Bertz CT molecular complexity index is 783. The van der Waals surface area contributed by atoms with Crippen molar-refractivity contribution in [3.8, 4) is 5.75 Å². The Kier molecular flexibility index (Phi) is 4.59. The molecule has 5 heteroatoms. The van der Waals surface area contributed by atoms with Gasteiger partial charge >= 0.3 is 0 Å². The molecule has 1 heterocycles. The molecule has 0 atom stereocenters. The third kappa shape index (κ3) is 4.11. The number of nitrogens with two attached hydrogens (primary N) is 1. The van der Waals surface area contributed by atoms with Crippen molar-refractivity contribution in [1.29, 1.82) is 0 Å². The van der Waals surface area contributed by atoms with Crippen LogP contribution in [0.4, 0.5) is 11.4 Å². The molecule has 0 fully saturated rings. The predicted molar refractivity (Wildman–Crippen MR) is 93.9 cm³/mol. The number of anilines is 2. The number of benzene rings is 2. The van der Waals surface area contributed by atoms with Gasteiger partial charge in [0.15, 0.2) is 0 Å². The van der Waals surface area contributed by atoms with Crippen LogP contribution in [0, 0.1) is 0 Å². The van der Waals surface area contributed by atoms with Gasteiger partial charge in [-0.3, -0.25) is 4.79 Å². The second-order valence-corrected chi connectivity index (χ2v) is 5.94. The maximum Gasteiger partial charge on any atom is 0.265 e. The number of nitrogens with one attached hydrogen (secondary N) is 1. The summed E-state index contributed by atoms with van der Waals surface area (Å²) >= 11 is 1.41. The van der Waals surface area contributed by atoms with E-state index in [0.29, 0.717) is 11.5 Å². The molecule has 0 spiro atoms. The van der Waals surface area contributed by atoms with Crippen LogP contribution >= 0.6 is 11.3 Å². The summed E-state index contributed by atoms with van der Waals surface area (Å²) in [5.74, 6) is 0.634. The number of hydrogen-bond donors (Lipinski definition) is 2. The number of carbonyl (C=O) groups excluding carboxylic acids is 1. The lowest BCUT2D eigenvalue weighted by Crippen LogP contribution is -2.09. The summed E-state index contributed by atoms with van der Waals surface area (Å²) in [4.78, 5) is 12.6. The monoisotopic (exact) mass is 324 g/mol. The zero-order valence-corrected chi connectivity index (χ0v) is 13.2. The molecule has 3 N–H and O–H groups in total. The standard InChI is InChI=1S/C18H16N2O2S/c19-14-4-1-3-13(11-14)12-22-16-8-6-15(7-9-16)20-18(21)17-5-2-10-23-17/h1-11H,12,19H2,(H,20,21). The van der Waals surface area contributed by atoms with Gasteiger partial charge in [-0.05, 0) is 53.4 Å². The van der Waals surface area contributed by atoms with Crippen molar-refractivity contribution in [3.63, 3.8) is 0 Å². The second-order valence-electron chi connectivity index (χ2n) is 4.99. The Morgan fingerprint density at radius 2 is 1.91 bits per heavy atom. The van der Waals surface area contributed by atoms with Crippen LogP contribution in [0.25, 0.3) is 0 Å². The molecule has 0 aliphatic heterocycles. The first-order valence-corrected chi connectivity index (χ1v) is 8.01. The second kappa shape index (κ2) is 6.98. The van der Waals surface area contributed by atoms with E-state index in [2.05, 4.69) is 5.32 Å². The van der Waals surface area contributed by atoms with Gasteiger partial charge in [-0.2, -0.15) is 0 Å². The highest BCUT2D eigenvalue weighted by atomic mass is 32.1. The van der Waals surface area contributed by atoms with Crippen molar-refractivity contribution >= 4 is 28.6 Å². The Hall–Kier alpha value is -2.79. The SMILES string of the molecule is Nc1cccc(COc2ccc(NC(=O)c3cccs3)cc2)c1. The lowest BCUT2D eigenvalue weighted by atomic mass is 10.2. The number of hydrogen-bond acceptors (Lipinski definition) is 4. The number of rotatable bonds is 5. The van der Waals surface area contributed by atoms with E-state index in [9.17, 15) is 4.79 Å². The van der Waals surface area contributed by atoms with E-state index in [0.717, 1.165) is 22.7 Å². The smallest absolute Gasteiger partial charge is 0.265 e. The highest BCUT2D eigenvalue weighted by Gasteiger charge is 2.06. The maximum absolute atomic E-state index is 12.0. The van der Waals surface area contributed by atoms with E-state index < -0.39 is 0 Å². The fourth-order valence-corrected chi connectivity index (χ4v) is 2.70. The minimum absolute atomic E-state index is 0.103. The Balaban J connectivity index is 1.58. The maximum atomic E-state index is 12.0. The minimum atomic E-state index is -0.103. The van der Waals surface area contributed by atoms with Crippen LogP contribution in [-0.4, -0.2) is 5.91 Å². The molecule has 4 nitrogen and oxygen atoms in total. The molecule has 0 saturated heterocycles. The van der Waals surface area contributed by atoms with Gasteiger partial charge in [0.1, 0.15) is 12.4 Å². The molecule has 0 radical (unpaired) electrons. The fourth-order valence-electron chi connectivity index (χ4n) is 2.08. The number of carbonyl (C=O) groups is 1. The Labute approximate surface area is 138 Å². The van der Waals surface area contributed by atoms with E-state index in [-0.39, 0.29) is 5.91 Å². The Morgan fingerprint density at radius 3 is 2.61 bits per heavy atom. The molecule has 0 aliphatic rings. The van der Waals surface area contributed by atoms with Crippen LogP contribution in [0.3, 0.4) is 0 Å². The van der Waals surface area contributed by atoms with E-state index in [4.69, 9.17) is 10.5 Å². The lowest BCUT2D eigenvalue weighted by molar-refractivity contribution is 0.103. The van der Waals surface area contributed by atoms with E-state index in [1.54, 1.807) is 6.07 Å². The lowest BCUT2D eigenvalue weighted by Gasteiger charge is -2.08. The summed E-state index contributed by atoms with van der Waals surface area (Å²) in [7, 11) is 0. The molecule has 0 saturated carbocycles. The quantitative estimate of drug-likeness (QED) is 0.693. The number of thiophene rings is 1. The fraction of sp³-hybridized carbons (Fsp3) is 0.0556. The molecule has 3 aromatic rings. The average molecular weight is 324 g/mol. The average Bonchev–Trinajstić information content (AvgIpc) is 3.09. The van der Waals surface area contributed by atoms with E-state index in [1.807, 2.05) is 60.0 Å². The molecular formula is C18H16N2O2S. The molecular weight excluding hydrogens is 308 g/mol. The molecule has 0 bridgehead atoms. The summed E-state index contributed by atoms with van der Waals surface area (Å²) in [6.45, 7) is 0.450. The van der Waals surface area contributed by atoms with E-state index in [1.165, 1.54) is 11.3 Å². The molecule has 23 heavy (non-hydrogen) atoms. The van der Waals surface area contributed by atoms with Crippen LogP contribution in [0.5, 0.6) is 5.75 Å². The number of ether oxygens (including phenoxy) is 1. The first-order valence-electron chi connectivity index (χ1n) is 7.13. The van der Waals surface area contributed by atoms with Gasteiger partial charge in [-0.25, -0.2) is 0 Å². The van der Waals surface area contributed by atoms with Crippen LogP contribution in [0.2, 0.25) is 0 Å². The van der Waals surface area contributed by atoms with E-state index >= 15 is 0 Å². The van der Waals surface area contributed by atoms with Crippen molar-refractivity contribution in [1.82, 2.24) is 0 Å². The van der Waals surface area contributed by atoms with Crippen LogP contribution in [-0.2, 0) is 6.61 Å². The summed E-state index contributed by atoms with van der Waals surface area (Å²) in [5, 5.41) is 4.73. The molecule has 0 unspecified atom stereocenters. The van der Waals surface area contributed by atoms with Gasteiger partial charge in [0.05, 0.1) is 4.88 Å². The van der Waals surface area contributed by atoms with Gasteiger partial charge in [0.25, 0.3) is 5.91 Å². The third-order valence-corrected chi connectivity index (χ3v) is 4.08. The van der Waals surface area contributed by atoms with Gasteiger partial charge < -0.3 is 15.8 Å². The molecule has 1 amide bonds. The molecule has 116 valence electrons. The molecule has 0 aliphatic carbocycles. The molecule has 3 rings (SSSR count). The van der Waals surface area contributed by atoms with Crippen LogP contribution < -0.4 is 15.8 Å². The van der Waals surface area contributed by atoms with Gasteiger partial charge in [0.2, 0.25) is 0 Å². The first kappa shape index (κ1) is 15.1. The van der Waals surface area contributed by atoms with Crippen LogP contribution in [0.15, 0.2) is 66.0 Å². The van der Waals surface area contributed by atoms with Crippen LogP contribution in [0.1, 0.15) is 15.2 Å². The van der Waals surface area contributed by atoms with Gasteiger partial charge in [0, 0.05) is 11.4 Å². The minimum Gasteiger partial charge on any atom is -0.489 e. The highest BCUT2D eigenvalue weighted by molar-refractivity contribution is 7.12. The summed E-state index contributed by atoms with van der Waals surface area (Å²) in [5.41, 5.74) is 8.21. The summed E-state index contributed by atoms with van der Waals surface area (Å²) < 4.78 is 5.71. The topological polar surface area (TPSA) is 64.3 Å². The number of nitrogen functional groups attached to an aromatic ring is 1. The van der Waals surface area contributed by atoms with Crippen molar-refractivity contribution in [2.45, 2.75) is 6.61 Å². The van der Waals surface area contributed by atoms with Crippen molar-refractivity contribution in [2.75, 3.05) is 11.1 Å². The zero-order chi connectivity index (χ0) is 16.1. The van der Waals surface area contributed by atoms with Crippen molar-refractivity contribution in [2.24, 2.45) is 0 Å².